The summed E-state index contributed by atoms with van der Waals surface area (Å²) in [6, 6.07) is 0. The van der Waals surface area contributed by atoms with Crippen LogP contribution in [-0.4, -0.2) is 37.2 Å². The molecule has 0 amide bonds. The highest BCUT2D eigenvalue weighted by Gasteiger charge is 2.19. The molecule has 0 fully saturated rings. The van der Waals surface area contributed by atoms with Gasteiger partial charge >= 0.3 is 17.9 Å². The molecule has 0 unspecified atom stereocenters. The van der Waals surface area contributed by atoms with Gasteiger partial charge in [0.1, 0.15) is 13.2 Å². The summed E-state index contributed by atoms with van der Waals surface area (Å²) in [5.41, 5.74) is 0. The molecule has 0 saturated carbocycles. The van der Waals surface area contributed by atoms with Gasteiger partial charge in [-0.05, 0) is 109 Å². The SMILES string of the molecule is CCCCC/C=C\C/C=C\C/C=C\CCCCC(=O)O[C@@H](COC(=O)CCCCCCCCC/C=C\CCCCCCCC)COC(=O)CCCCCCCCCCCCC/C=C\CCCCCCCC. The fraction of sp³-hybridized carbons (Fsp3) is 0.800. The van der Waals surface area contributed by atoms with Gasteiger partial charge in [-0.1, -0.05) is 248 Å². The highest BCUT2D eigenvalue weighted by atomic mass is 16.6. The number of hydrogen-bond acceptors (Lipinski definition) is 6. The van der Waals surface area contributed by atoms with Crippen LogP contribution >= 0.6 is 0 Å². The second kappa shape index (κ2) is 59.7. The van der Waals surface area contributed by atoms with Gasteiger partial charge in [-0.25, -0.2) is 0 Å². The van der Waals surface area contributed by atoms with Gasteiger partial charge < -0.3 is 14.2 Å². The first-order valence-corrected chi connectivity index (χ1v) is 30.8. The highest BCUT2D eigenvalue weighted by molar-refractivity contribution is 5.71. The highest BCUT2D eigenvalue weighted by Crippen LogP contribution is 2.16. The average molecular weight is 994 g/mol. The minimum atomic E-state index is -0.796. The first-order valence-electron chi connectivity index (χ1n) is 30.8. The summed E-state index contributed by atoms with van der Waals surface area (Å²) in [4.78, 5) is 38.2. The van der Waals surface area contributed by atoms with E-state index >= 15 is 0 Å². The van der Waals surface area contributed by atoms with Gasteiger partial charge in [0, 0.05) is 19.3 Å². The van der Waals surface area contributed by atoms with Crippen LogP contribution in [0.1, 0.15) is 316 Å². The molecule has 0 aromatic rings. The van der Waals surface area contributed by atoms with E-state index in [1.165, 1.54) is 205 Å². The maximum absolute atomic E-state index is 12.9. The zero-order valence-electron chi connectivity index (χ0n) is 47.2. The van der Waals surface area contributed by atoms with Crippen molar-refractivity contribution in [1.82, 2.24) is 0 Å². The van der Waals surface area contributed by atoms with Crippen LogP contribution in [0.2, 0.25) is 0 Å². The minimum Gasteiger partial charge on any atom is -0.462 e. The molecule has 6 heteroatoms. The Morgan fingerprint density at radius 3 is 0.859 bits per heavy atom. The molecule has 0 spiro atoms. The quantitative estimate of drug-likeness (QED) is 0.0261. The Morgan fingerprint density at radius 1 is 0.282 bits per heavy atom. The number of hydrogen-bond donors (Lipinski definition) is 0. The van der Waals surface area contributed by atoms with Crippen molar-refractivity contribution < 1.29 is 28.6 Å². The van der Waals surface area contributed by atoms with E-state index in [2.05, 4.69) is 81.5 Å². The second-order valence-corrected chi connectivity index (χ2v) is 20.6. The molecular weight excluding hydrogens is 877 g/mol. The summed E-state index contributed by atoms with van der Waals surface area (Å²) in [5, 5.41) is 0. The normalized spacial score (nSPS) is 12.4. The lowest BCUT2D eigenvalue weighted by atomic mass is 10.0. The molecule has 0 aliphatic rings. The summed E-state index contributed by atoms with van der Waals surface area (Å²) in [6.45, 7) is 6.60. The Morgan fingerprint density at radius 2 is 0.507 bits per heavy atom. The number of unbranched alkanes of at least 4 members (excludes halogenated alkanes) is 35. The fourth-order valence-electron chi connectivity index (χ4n) is 8.79. The van der Waals surface area contributed by atoms with Crippen molar-refractivity contribution >= 4 is 17.9 Å². The molecule has 0 radical (unpaired) electrons. The predicted octanol–water partition coefficient (Wildman–Crippen LogP) is 20.8. The Kier molecular flexibility index (Phi) is 57.2. The zero-order valence-corrected chi connectivity index (χ0v) is 47.2. The van der Waals surface area contributed by atoms with Crippen LogP contribution < -0.4 is 0 Å². The van der Waals surface area contributed by atoms with E-state index in [1.54, 1.807) is 0 Å². The summed E-state index contributed by atoms with van der Waals surface area (Å²) < 4.78 is 16.9. The van der Waals surface area contributed by atoms with Gasteiger partial charge in [-0.2, -0.15) is 0 Å². The molecule has 0 saturated heterocycles. The van der Waals surface area contributed by atoms with E-state index in [0.717, 1.165) is 64.2 Å². The third kappa shape index (κ3) is 57.9. The van der Waals surface area contributed by atoms with E-state index in [1.807, 2.05) is 0 Å². The van der Waals surface area contributed by atoms with Crippen molar-refractivity contribution in [1.29, 1.82) is 0 Å². The van der Waals surface area contributed by atoms with Crippen molar-refractivity contribution in [3.8, 4) is 0 Å². The molecule has 0 aromatic carbocycles. The number of carbonyl (C=O) groups is 3. The van der Waals surface area contributed by atoms with Crippen LogP contribution in [0.4, 0.5) is 0 Å². The monoisotopic (exact) mass is 993 g/mol. The van der Waals surface area contributed by atoms with Gasteiger partial charge in [0.25, 0.3) is 0 Å². The third-order valence-electron chi connectivity index (χ3n) is 13.5. The lowest BCUT2D eigenvalue weighted by Crippen LogP contribution is -2.30. The maximum Gasteiger partial charge on any atom is 0.306 e. The van der Waals surface area contributed by atoms with Crippen molar-refractivity contribution in [2.75, 3.05) is 13.2 Å². The van der Waals surface area contributed by atoms with Gasteiger partial charge in [0.15, 0.2) is 6.10 Å². The molecule has 0 heterocycles. The molecule has 6 nitrogen and oxygen atoms in total. The molecule has 0 N–H and O–H groups in total. The minimum absolute atomic E-state index is 0.0897. The summed E-state index contributed by atoms with van der Waals surface area (Å²) in [7, 11) is 0. The van der Waals surface area contributed by atoms with E-state index in [9.17, 15) is 14.4 Å². The molecule has 0 aromatic heterocycles. The van der Waals surface area contributed by atoms with Crippen LogP contribution in [0.5, 0.6) is 0 Å². The summed E-state index contributed by atoms with van der Waals surface area (Å²) in [6.07, 6.45) is 75.1. The summed E-state index contributed by atoms with van der Waals surface area (Å²) >= 11 is 0. The van der Waals surface area contributed by atoms with Gasteiger partial charge in [-0.3, -0.25) is 14.4 Å². The molecule has 412 valence electrons. The van der Waals surface area contributed by atoms with E-state index in [-0.39, 0.29) is 37.5 Å². The lowest BCUT2D eigenvalue weighted by Gasteiger charge is -2.18. The summed E-state index contributed by atoms with van der Waals surface area (Å²) in [5.74, 6) is -0.920. The first kappa shape index (κ1) is 68.1. The Labute approximate surface area is 440 Å². The maximum atomic E-state index is 12.9. The van der Waals surface area contributed by atoms with Gasteiger partial charge in [0.2, 0.25) is 0 Å². The number of allylic oxidation sites excluding steroid dienone is 10. The number of carbonyl (C=O) groups excluding carboxylic acids is 3. The molecule has 1 atom stereocenters. The number of esters is 3. The average Bonchev–Trinajstić information content (AvgIpc) is 3.37. The van der Waals surface area contributed by atoms with E-state index in [0.29, 0.717) is 19.3 Å². The van der Waals surface area contributed by atoms with Crippen molar-refractivity contribution in [2.24, 2.45) is 0 Å². The number of rotatable bonds is 56. The number of ether oxygens (including phenoxy) is 3. The Bertz CT molecular complexity index is 1280. The third-order valence-corrected chi connectivity index (χ3v) is 13.5. The Hall–Kier alpha value is -2.89. The fourth-order valence-corrected chi connectivity index (χ4v) is 8.79. The molecule has 0 aliphatic heterocycles. The van der Waals surface area contributed by atoms with Crippen LogP contribution in [0.25, 0.3) is 0 Å². The molecule has 0 rings (SSSR count). The van der Waals surface area contributed by atoms with Gasteiger partial charge in [-0.15, -0.1) is 0 Å². The second-order valence-electron chi connectivity index (χ2n) is 20.6. The topological polar surface area (TPSA) is 78.9 Å². The first-order chi connectivity index (χ1) is 35.0. The van der Waals surface area contributed by atoms with Crippen LogP contribution in [0.3, 0.4) is 0 Å². The van der Waals surface area contributed by atoms with Crippen LogP contribution in [0, 0.1) is 0 Å². The lowest BCUT2D eigenvalue weighted by molar-refractivity contribution is -0.167. The Balaban J connectivity index is 4.37. The molecule has 71 heavy (non-hydrogen) atoms. The van der Waals surface area contributed by atoms with E-state index in [4.69, 9.17) is 14.2 Å². The molecular formula is C65H116O6. The zero-order chi connectivity index (χ0) is 51.4. The van der Waals surface area contributed by atoms with Crippen molar-refractivity contribution in [2.45, 2.75) is 322 Å². The van der Waals surface area contributed by atoms with Crippen LogP contribution in [-0.2, 0) is 28.6 Å². The predicted molar refractivity (Wildman–Crippen MR) is 307 cm³/mol. The van der Waals surface area contributed by atoms with Crippen LogP contribution in [0.15, 0.2) is 60.8 Å². The van der Waals surface area contributed by atoms with E-state index < -0.39 is 6.10 Å². The van der Waals surface area contributed by atoms with Gasteiger partial charge in [0.05, 0.1) is 0 Å². The standard InChI is InChI=1S/C65H116O6/c1-4-7-10-13-16-19-22-25-28-30-31-32-33-35-38-40-43-46-49-52-55-58-64(67)70-61-62(71-65(68)59-56-53-50-47-44-41-36-27-24-21-18-15-12-9-6-3)60-69-63(66)57-54-51-48-45-42-39-37-34-29-26-23-20-17-14-11-8-5-2/h18,21,25-29,36,44,47,62H,4-17,19-20,22-24,30-35,37-43,45-46,48-61H2,1-3H3/b21-18-,28-25-,29-26-,36-27-,47-44-/t62-/m0/s1. The van der Waals surface area contributed by atoms with Crippen molar-refractivity contribution in [3.63, 3.8) is 0 Å². The molecule has 0 aliphatic carbocycles. The smallest absolute Gasteiger partial charge is 0.306 e. The van der Waals surface area contributed by atoms with Crippen molar-refractivity contribution in [3.05, 3.63) is 60.8 Å². The molecule has 0 bridgehead atoms. The largest absolute Gasteiger partial charge is 0.462 e.